The number of aryl methyl sites for hydroxylation is 1. The van der Waals surface area contributed by atoms with Gasteiger partial charge in [-0.1, -0.05) is 18.5 Å². The molecule has 0 aliphatic carbocycles. The molecule has 3 heterocycles. The van der Waals surface area contributed by atoms with Crippen molar-refractivity contribution in [2.75, 3.05) is 18.0 Å². The van der Waals surface area contributed by atoms with E-state index in [9.17, 15) is 13.5 Å². The van der Waals surface area contributed by atoms with E-state index >= 15 is 0 Å². The number of aliphatic hydroxyl groups excluding tert-OH is 1. The predicted octanol–water partition coefficient (Wildman–Crippen LogP) is 1.59. The molecule has 1 unspecified atom stereocenters. The van der Waals surface area contributed by atoms with Gasteiger partial charge in [0.15, 0.2) is 10.8 Å². The summed E-state index contributed by atoms with van der Waals surface area (Å²) in [7, 11) is -4.10. The molecule has 30 heavy (non-hydrogen) atoms. The van der Waals surface area contributed by atoms with Gasteiger partial charge in [-0.2, -0.15) is 0 Å². The van der Waals surface area contributed by atoms with E-state index in [4.69, 9.17) is 22.5 Å². The number of aromatic nitrogens is 3. The maximum absolute atomic E-state index is 11.7. The van der Waals surface area contributed by atoms with Gasteiger partial charge in [0.1, 0.15) is 5.69 Å². The molecule has 0 spiro atoms. The summed E-state index contributed by atoms with van der Waals surface area (Å²) in [6.07, 6.45) is 3.12. The number of anilines is 1. The largest absolute Gasteiger partial charge is 0.390 e. The van der Waals surface area contributed by atoms with Gasteiger partial charge < -0.3 is 15.7 Å². The minimum atomic E-state index is -4.10. The highest BCUT2D eigenvalue weighted by molar-refractivity contribution is 7.89. The summed E-state index contributed by atoms with van der Waals surface area (Å²) in [5, 5.41) is 14.6. The molecule has 1 atom stereocenters. The van der Waals surface area contributed by atoms with Crippen molar-refractivity contribution in [3.05, 3.63) is 28.7 Å². The molecule has 0 aromatic carbocycles. The van der Waals surface area contributed by atoms with Gasteiger partial charge in [-0.3, -0.25) is 0 Å². The molecule has 9 nitrogen and oxygen atoms in total. The molecule has 1 saturated heterocycles. The van der Waals surface area contributed by atoms with Crippen LogP contribution in [0.4, 0.5) is 5.82 Å². The van der Waals surface area contributed by atoms with E-state index in [1.807, 2.05) is 6.92 Å². The van der Waals surface area contributed by atoms with Crippen molar-refractivity contribution in [1.82, 2.24) is 15.0 Å². The van der Waals surface area contributed by atoms with Crippen molar-refractivity contribution in [2.24, 2.45) is 16.3 Å². The van der Waals surface area contributed by atoms with Gasteiger partial charge in [-0.25, -0.2) is 28.5 Å². The highest BCUT2D eigenvalue weighted by Crippen LogP contribution is 2.37. The van der Waals surface area contributed by atoms with Crippen molar-refractivity contribution in [2.45, 2.75) is 51.3 Å². The van der Waals surface area contributed by atoms with Crippen LogP contribution in [-0.4, -0.2) is 47.6 Å². The zero-order valence-corrected chi connectivity index (χ0v) is 18.8. The predicted molar refractivity (Wildman–Crippen MR) is 116 cm³/mol. The third-order valence-electron chi connectivity index (χ3n) is 5.96. The van der Waals surface area contributed by atoms with Crippen LogP contribution in [0.3, 0.4) is 0 Å². The van der Waals surface area contributed by atoms with E-state index < -0.39 is 15.0 Å². The number of primary sulfonamides is 1. The summed E-state index contributed by atoms with van der Waals surface area (Å²) in [5.74, 6) is 0.613. The molecule has 2 aromatic rings. The van der Waals surface area contributed by atoms with Crippen LogP contribution in [-0.2, 0) is 16.6 Å². The smallest absolute Gasteiger partial charge is 0.257 e. The van der Waals surface area contributed by atoms with Crippen LogP contribution in [0, 0.1) is 12.3 Å². The van der Waals surface area contributed by atoms with Crippen molar-refractivity contribution < 1.29 is 13.5 Å². The summed E-state index contributed by atoms with van der Waals surface area (Å²) < 4.78 is 23.5. The van der Waals surface area contributed by atoms with Crippen LogP contribution in [0.15, 0.2) is 17.3 Å². The zero-order valence-electron chi connectivity index (χ0n) is 17.3. The molecule has 0 bridgehead atoms. The fourth-order valence-corrected chi connectivity index (χ4v) is 4.74. The first-order valence-corrected chi connectivity index (χ1v) is 11.6. The number of nitrogens with two attached hydrogens (primary N) is 2. The van der Waals surface area contributed by atoms with Gasteiger partial charge >= 0.3 is 0 Å². The monoisotopic (exact) mass is 454 g/mol. The SMILES string of the molecule is Cc1nc(N2CCC(C)(C(C)N)CC2)c(CO)nc1-c1ccnc(S(N)(=O)=O)c1Cl. The summed E-state index contributed by atoms with van der Waals surface area (Å²) in [4.78, 5) is 15.1. The molecular weight excluding hydrogens is 428 g/mol. The molecule has 2 aromatic heterocycles. The van der Waals surface area contributed by atoms with Crippen LogP contribution in [0.5, 0.6) is 0 Å². The Morgan fingerprint density at radius 2 is 1.97 bits per heavy atom. The maximum atomic E-state index is 11.7. The van der Waals surface area contributed by atoms with Gasteiger partial charge in [-0.05, 0) is 38.2 Å². The highest BCUT2D eigenvalue weighted by atomic mass is 35.5. The Morgan fingerprint density at radius 3 is 2.50 bits per heavy atom. The van der Waals surface area contributed by atoms with Crippen molar-refractivity contribution >= 4 is 27.4 Å². The standard InChI is InChI=1S/C19H27ClN6O3S/c1-11-16(13-4-7-23-18(15(13)20)30(22,28)29)25-14(10-27)17(24-11)26-8-5-19(3,6-9-26)12(2)21/h4,7,12,27H,5-6,8-10,21H2,1-3H3,(H2,22,28,29). The number of pyridine rings is 1. The second-order valence-corrected chi connectivity index (χ2v) is 9.89. The Hall–Kier alpha value is -1.85. The van der Waals surface area contributed by atoms with Gasteiger partial charge in [0.05, 0.1) is 23.0 Å². The topological polar surface area (TPSA) is 148 Å². The van der Waals surface area contributed by atoms with Crippen molar-refractivity contribution in [3.63, 3.8) is 0 Å². The lowest BCUT2D eigenvalue weighted by Gasteiger charge is -2.42. The lowest BCUT2D eigenvalue weighted by atomic mass is 9.75. The molecule has 3 rings (SSSR count). The van der Waals surface area contributed by atoms with Gasteiger partial charge in [0.25, 0.3) is 10.0 Å². The highest BCUT2D eigenvalue weighted by Gasteiger charge is 2.34. The first-order valence-electron chi connectivity index (χ1n) is 9.64. The van der Waals surface area contributed by atoms with Gasteiger partial charge in [-0.15, -0.1) is 0 Å². The van der Waals surface area contributed by atoms with E-state index in [1.54, 1.807) is 13.0 Å². The van der Waals surface area contributed by atoms with Crippen LogP contribution >= 0.6 is 11.6 Å². The van der Waals surface area contributed by atoms with Crippen molar-refractivity contribution in [3.8, 4) is 11.3 Å². The van der Waals surface area contributed by atoms with Crippen molar-refractivity contribution in [1.29, 1.82) is 0 Å². The van der Waals surface area contributed by atoms with Crippen LogP contribution in [0.2, 0.25) is 5.02 Å². The molecule has 1 aliphatic rings. The Kier molecular flexibility index (Phi) is 6.35. The third-order valence-corrected chi connectivity index (χ3v) is 7.30. The molecule has 1 aliphatic heterocycles. The Balaban J connectivity index is 2.01. The normalized spacial score (nSPS) is 17.8. The number of hydrogen-bond donors (Lipinski definition) is 3. The fraction of sp³-hybridized carbons (Fsp3) is 0.526. The summed E-state index contributed by atoms with van der Waals surface area (Å²) in [5.41, 5.74) is 7.87. The first-order chi connectivity index (χ1) is 14.0. The van der Waals surface area contributed by atoms with Crippen LogP contribution < -0.4 is 15.8 Å². The summed E-state index contributed by atoms with van der Waals surface area (Å²) in [6.45, 7) is 7.17. The Bertz CT molecular complexity index is 1050. The minimum absolute atomic E-state index is 0.0625. The number of halogens is 1. The number of sulfonamides is 1. The molecule has 5 N–H and O–H groups in total. The first kappa shape index (κ1) is 22.8. The quantitative estimate of drug-likeness (QED) is 0.616. The number of hydrogen-bond acceptors (Lipinski definition) is 8. The maximum Gasteiger partial charge on any atom is 0.257 e. The third kappa shape index (κ3) is 4.28. The van der Waals surface area contributed by atoms with Crippen LogP contribution in [0.25, 0.3) is 11.3 Å². The van der Waals surface area contributed by atoms with E-state index in [0.29, 0.717) is 28.5 Å². The minimum Gasteiger partial charge on any atom is -0.390 e. The number of rotatable bonds is 5. The van der Waals surface area contributed by atoms with Gasteiger partial charge in [0, 0.05) is 30.9 Å². The summed E-state index contributed by atoms with van der Waals surface area (Å²) in [6, 6.07) is 1.64. The summed E-state index contributed by atoms with van der Waals surface area (Å²) >= 11 is 6.27. The number of piperidine rings is 1. The molecule has 0 saturated carbocycles. The molecule has 0 radical (unpaired) electrons. The van der Waals surface area contributed by atoms with Gasteiger partial charge in [0.2, 0.25) is 0 Å². The number of aliphatic hydroxyl groups is 1. The molecule has 164 valence electrons. The van der Waals surface area contributed by atoms with Crippen LogP contribution in [0.1, 0.15) is 38.1 Å². The molecular formula is C19H27ClN6O3S. The zero-order chi connectivity index (χ0) is 22.3. The molecule has 0 amide bonds. The number of nitrogens with zero attached hydrogens (tertiary/aromatic N) is 4. The lowest BCUT2D eigenvalue weighted by molar-refractivity contribution is 0.204. The Morgan fingerprint density at radius 1 is 1.33 bits per heavy atom. The second-order valence-electron chi connectivity index (χ2n) is 8.04. The fourth-order valence-electron chi connectivity index (χ4n) is 3.65. The van der Waals surface area contributed by atoms with E-state index in [0.717, 1.165) is 25.9 Å². The van der Waals surface area contributed by atoms with E-state index in [1.165, 1.54) is 6.20 Å². The molecule has 11 heteroatoms. The molecule has 1 fully saturated rings. The second kappa shape index (κ2) is 8.35. The van der Waals surface area contributed by atoms with E-state index in [-0.39, 0.29) is 23.1 Å². The average Bonchev–Trinajstić information content (AvgIpc) is 2.68. The Labute approximate surface area is 181 Å². The lowest BCUT2D eigenvalue weighted by Crippen LogP contribution is -2.47. The van der Waals surface area contributed by atoms with E-state index in [2.05, 4.69) is 26.8 Å². The average molecular weight is 455 g/mol.